The average Bonchev–Trinajstić information content (AvgIpc) is 3.26. The van der Waals surface area contributed by atoms with Crippen molar-refractivity contribution in [3.63, 3.8) is 0 Å². The van der Waals surface area contributed by atoms with Crippen LogP contribution in [0.15, 0.2) is 48.5 Å². The molecule has 0 saturated carbocycles. The van der Waals surface area contributed by atoms with Crippen molar-refractivity contribution in [2.75, 3.05) is 20.2 Å². The van der Waals surface area contributed by atoms with Gasteiger partial charge in [-0.2, -0.15) is 0 Å². The number of hydrogen-bond donors (Lipinski definition) is 2. The highest BCUT2D eigenvalue weighted by Gasteiger charge is 2.26. The zero-order valence-electron chi connectivity index (χ0n) is 20.7. The van der Waals surface area contributed by atoms with Crippen molar-refractivity contribution in [2.45, 2.75) is 40.5 Å². The van der Waals surface area contributed by atoms with Crippen LogP contribution >= 0.6 is 0 Å². The van der Waals surface area contributed by atoms with Gasteiger partial charge in [-0.1, -0.05) is 36.4 Å². The lowest BCUT2D eigenvalue weighted by atomic mass is 9.92. The number of nitrogens with zero attached hydrogens (tertiary/aromatic N) is 1. The molecule has 1 aliphatic heterocycles. The largest absolute Gasteiger partial charge is 0.496 e. The summed E-state index contributed by atoms with van der Waals surface area (Å²) < 4.78 is 11.8. The van der Waals surface area contributed by atoms with Gasteiger partial charge in [0, 0.05) is 25.6 Å². The fourth-order valence-corrected chi connectivity index (χ4v) is 4.37. The first-order valence-electron chi connectivity index (χ1n) is 11.7. The van der Waals surface area contributed by atoms with Gasteiger partial charge < -0.3 is 24.7 Å². The van der Waals surface area contributed by atoms with Crippen molar-refractivity contribution in [3.05, 3.63) is 76.3 Å². The van der Waals surface area contributed by atoms with Gasteiger partial charge in [0.15, 0.2) is 5.75 Å². The Hall–Kier alpha value is -3.55. The summed E-state index contributed by atoms with van der Waals surface area (Å²) in [6.45, 7) is 7.70. The fourth-order valence-electron chi connectivity index (χ4n) is 4.37. The quantitative estimate of drug-likeness (QED) is 0.480. The second kappa shape index (κ2) is 10.8. The van der Waals surface area contributed by atoms with E-state index in [1.807, 2.05) is 37.3 Å². The van der Waals surface area contributed by atoms with Gasteiger partial charge in [0.05, 0.1) is 32.4 Å². The summed E-state index contributed by atoms with van der Waals surface area (Å²) in [5.74, 6) is 2.00. The SMILES string of the molecule is COc1cc(OCc2cccc(-c3cccc(CO)c3C)c2C)cc2c1CN(CCNC(C)=O)O2. The second-order valence-electron chi connectivity index (χ2n) is 8.67. The van der Waals surface area contributed by atoms with Crippen LogP contribution in [0.1, 0.15) is 34.7 Å². The Morgan fingerprint density at radius 1 is 1.09 bits per heavy atom. The van der Waals surface area contributed by atoms with E-state index >= 15 is 0 Å². The maximum Gasteiger partial charge on any atom is 0.216 e. The minimum Gasteiger partial charge on any atom is -0.496 e. The van der Waals surface area contributed by atoms with Crippen LogP contribution in [0, 0.1) is 13.8 Å². The molecule has 0 aromatic heterocycles. The Bertz CT molecular complexity index is 1220. The molecule has 0 bridgehead atoms. The van der Waals surface area contributed by atoms with E-state index in [1.165, 1.54) is 6.92 Å². The first-order valence-corrected chi connectivity index (χ1v) is 11.7. The van der Waals surface area contributed by atoms with E-state index in [9.17, 15) is 9.90 Å². The predicted molar refractivity (Wildman–Crippen MR) is 134 cm³/mol. The topological polar surface area (TPSA) is 80.3 Å². The van der Waals surface area contributed by atoms with E-state index < -0.39 is 0 Å². The molecule has 3 aromatic carbocycles. The van der Waals surface area contributed by atoms with Crippen molar-refractivity contribution >= 4 is 5.91 Å². The molecule has 2 N–H and O–H groups in total. The maximum atomic E-state index is 11.1. The van der Waals surface area contributed by atoms with Crippen LogP contribution < -0.4 is 19.6 Å². The van der Waals surface area contributed by atoms with E-state index in [-0.39, 0.29) is 12.5 Å². The Morgan fingerprint density at radius 3 is 2.43 bits per heavy atom. The number of fused-ring (bicyclic) bond motifs is 1. The number of carbonyl (C=O) groups is 1. The van der Waals surface area contributed by atoms with Gasteiger partial charge in [-0.25, -0.2) is 0 Å². The molecule has 0 aliphatic carbocycles. The van der Waals surface area contributed by atoms with Crippen molar-refractivity contribution in [1.29, 1.82) is 0 Å². The summed E-state index contributed by atoms with van der Waals surface area (Å²) in [5.41, 5.74) is 7.43. The number of nitrogens with one attached hydrogen (secondary N) is 1. The molecular weight excluding hydrogens is 444 g/mol. The highest BCUT2D eigenvalue weighted by molar-refractivity contribution is 5.73. The molecule has 3 aromatic rings. The van der Waals surface area contributed by atoms with Crippen LogP contribution in [0.5, 0.6) is 17.2 Å². The monoisotopic (exact) mass is 476 g/mol. The molecule has 0 fully saturated rings. The molecular formula is C28H32N2O5. The third-order valence-electron chi connectivity index (χ3n) is 6.41. The van der Waals surface area contributed by atoms with Gasteiger partial charge in [-0.3, -0.25) is 4.79 Å². The lowest BCUT2D eigenvalue weighted by molar-refractivity contribution is -0.119. The van der Waals surface area contributed by atoms with Gasteiger partial charge in [0.1, 0.15) is 18.1 Å². The summed E-state index contributed by atoms with van der Waals surface area (Å²) >= 11 is 0. The summed E-state index contributed by atoms with van der Waals surface area (Å²) in [5, 5.41) is 14.2. The normalized spacial score (nSPS) is 12.7. The van der Waals surface area contributed by atoms with Gasteiger partial charge in [0.25, 0.3) is 0 Å². The Morgan fingerprint density at radius 2 is 1.77 bits per heavy atom. The number of aliphatic hydroxyl groups excluding tert-OH is 1. The van der Waals surface area contributed by atoms with Gasteiger partial charge in [0.2, 0.25) is 5.91 Å². The molecule has 0 atom stereocenters. The number of ether oxygens (including phenoxy) is 2. The molecule has 7 nitrogen and oxygen atoms in total. The molecule has 0 radical (unpaired) electrons. The first-order chi connectivity index (χ1) is 16.9. The number of hydrogen-bond acceptors (Lipinski definition) is 6. The van der Waals surface area contributed by atoms with Crippen LogP contribution in [0.4, 0.5) is 0 Å². The van der Waals surface area contributed by atoms with E-state index in [4.69, 9.17) is 14.3 Å². The third kappa shape index (κ3) is 5.42. The molecule has 1 heterocycles. The molecule has 0 unspecified atom stereocenters. The van der Waals surface area contributed by atoms with E-state index in [0.29, 0.717) is 43.5 Å². The summed E-state index contributed by atoms with van der Waals surface area (Å²) in [6.07, 6.45) is 0. The summed E-state index contributed by atoms with van der Waals surface area (Å²) in [6, 6.07) is 16.0. The number of benzene rings is 3. The van der Waals surface area contributed by atoms with E-state index in [1.54, 1.807) is 12.2 Å². The van der Waals surface area contributed by atoms with Crippen molar-refractivity contribution in [3.8, 4) is 28.4 Å². The number of carbonyl (C=O) groups excluding carboxylic acids is 1. The minimum absolute atomic E-state index is 0.0222. The summed E-state index contributed by atoms with van der Waals surface area (Å²) in [4.78, 5) is 17.1. The fraction of sp³-hybridized carbons (Fsp3) is 0.321. The highest BCUT2D eigenvalue weighted by atomic mass is 16.7. The van der Waals surface area contributed by atoms with Gasteiger partial charge >= 0.3 is 0 Å². The number of methoxy groups -OCH3 is 1. The standard InChI is InChI=1S/C28H32N2O5/c1-18-21(16-31)7-5-9-24(18)25-10-6-8-22(19(25)2)17-34-23-13-27(33-4)26-15-30(35-28(26)14-23)12-11-29-20(3)32/h5-10,13-14,31H,11-12,15-17H2,1-4H3,(H,29,32). The zero-order chi connectivity index (χ0) is 24.9. The number of amides is 1. The first kappa shape index (κ1) is 24.6. The minimum atomic E-state index is -0.0643. The van der Waals surface area contributed by atoms with Crippen LogP contribution in [0.3, 0.4) is 0 Å². The van der Waals surface area contributed by atoms with E-state index in [0.717, 1.165) is 38.9 Å². The average molecular weight is 477 g/mol. The van der Waals surface area contributed by atoms with Crippen LogP contribution in [0.25, 0.3) is 11.1 Å². The molecule has 1 amide bonds. The van der Waals surface area contributed by atoms with Crippen molar-refractivity contribution in [1.82, 2.24) is 10.4 Å². The Labute approximate surface area is 206 Å². The van der Waals surface area contributed by atoms with Crippen molar-refractivity contribution in [2.24, 2.45) is 0 Å². The van der Waals surface area contributed by atoms with Gasteiger partial charge in [-0.15, -0.1) is 5.06 Å². The van der Waals surface area contributed by atoms with Crippen LogP contribution in [-0.4, -0.2) is 36.3 Å². The predicted octanol–water partition coefficient (Wildman–Crippen LogP) is 4.30. The highest BCUT2D eigenvalue weighted by Crippen LogP contribution is 2.39. The van der Waals surface area contributed by atoms with E-state index in [2.05, 4.69) is 30.4 Å². The van der Waals surface area contributed by atoms with Gasteiger partial charge in [-0.05, 0) is 47.2 Å². The molecule has 184 valence electrons. The Kier molecular flexibility index (Phi) is 7.58. The lowest BCUT2D eigenvalue weighted by Gasteiger charge is -2.16. The smallest absolute Gasteiger partial charge is 0.216 e. The summed E-state index contributed by atoms with van der Waals surface area (Å²) in [7, 11) is 1.63. The van der Waals surface area contributed by atoms with Crippen LogP contribution in [-0.2, 0) is 24.6 Å². The molecule has 35 heavy (non-hydrogen) atoms. The molecule has 7 heteroatoms. The maximum absolute atomic E-state index is 11.1. The molecule has 0 spiro atoms. The Balaban J connectivity index is 1.50. The molecule has 1 aliphatic rings. The number of hydroxylamine groups is 2. The molecule has 4 rings (SSSR count). The van der Waals surface area contributed by atoms with Crippen molar-refractivity contribution < 1.29 is 24.2 Å². The number of aliphatic hydroxyl groups is 1. The van der Waals surface area contributed by atoms with Crippen LogP contribution in [0.2, 0.25) is 0 Å². The third-order valence-corrected chi connectivity index (χ3v) is 6.41. The second-order valence-corrected chi connectivity index (χ2v) is 8.67. The zero-order valence-corrected chi connectivity index (χ0v) is 20.7. The molecule has 0 saturated heterocycles. The lowest BCUT2D eigenvalue weighted by Crippen LogP contribution is -2.33. The number of rotatable bonds is 9.